The number of hydrogen-bond donors (Lipinski definition) is 0. The van der Waals surface area contributed by atoms with E-state index in [1.807, 2.05) is 59.5 Å². The summed E-state index contributed by atoms with van der Waals surface area (Å²) in [4.78, 5) is 4.78. The Kier molecular flexibility index (Phi) is 11.6. The fourth-order valence-electron chi connectivity index (χ4n) is 8.70. The molecule has 0 unspecified atom stereocenters. The topological polar surface area (TPSA) is 33.5 Å². The van der Waals surface area contributed by atoms with Crippen LogP contribution in [0.25, 0.3) is 27.9 Å². The third kappa shape index (κ3) is 8.22. The smallest absolute Gasteiger partial charge is 0.0571 e. The van der Waals surface area contributed by atoms with Gasteiger partial charge >= 0.3 is 0 Å². The Labute approximate surface area is 372 Å². The second kappa shape index (κ2) is 16.2. The number of hydrogen-bond acceptors (Lipinski definition) is 4. The first-order valence-corrected chi connectivity index (χ1v) is 20.6. The largest absolute Gasteiger partial charge is 0.509 e. The average molecular weight is 971 g/mol. The van der Waals surface area contributed by atoms with E-state index in [1.54, 1.807) is 0 Å². The molecule has 0 saturated carbocycles. The minimum Gasteiger partial charge on any atom is -0.509 e. The molecule has 6 aromatic carbocycles. The molecule has 60 heavy (non-hydrogen) atoms. The maximum absolute atomic E-state index is 6.70. The van der Waals surface area contributed by atoms with E-state index in [4.69, 9.17) is 4.74 Å². The molecule has 6 heteroatoms. The SMILES string of the molecule is Cc1cc(C)c(-c2ccc(Oc3[c-]c(-n4cc(-c5ccccc5)cn4)ccc3)[c-]c2N2[CH-]N(c3c(C)cc(C)cc3C)c3c2cc(C(C)(C)C)cc3C(C)(C)C)c(C)c1.[Pt]. The van der Waals surface area contributed by atoms with Gasteiger partial charge < -0.3 is 14.5 Å². The van der Waals surface area contributed by atoms with Gasteiger partial charge in [-0.3, -0.25) is 4.68 Å². The normalized spacial score (nSPS) is 12.7. The fraction of sp³-hybridized carbons (Fsp3) is 0.259. The molecule has 0 saturated heterocycles. The number of benzene rings is 6. The van der Waals surface area contributed by atoms with Gasteiger partial charge in [-0.05, 0) is 91.9 Å². The Morgan fingerprint density at radius 1 is 0.600 bits per heavy atom. The zero-order chi connectivity index (χ0) is 42.0. The number of rotatable bonds is 7. The summed E-state index contributed by atoms with van der Waals surface area (Å²) in [5.41, 5.74) is 19.5. The van der Waals surface area contributed by atoms with Crippen LogP contribution in [0.3, 0.4) is 0 Å². The molecule has 8 rings (SSSR count). The summed E-state index contributed by atoms with van der Waals surface area (Å²) in [7, 11) is 0. The van der Waals surface area contributed by atoms with Crippen LogP contribution >= 0.6 is 0 Å². The molecule has 0 fully saturated rings. The van der Waals surface area contributed by atoms with Crippen molar-refractivity contribution >= 4 is 22.7 Å². The number of aromatic nitrogens is 2. The van der Waals surface area contributed by atoms with Gasteiger partial charge in [-0.2, -0.15) is 17.2 Å². The van der Waals surface area contributed by atoms with E-state index in [0.717, 1.165) is 33.8 Å². The number of ether oxygens (including phenoxy) is 1. The molecule has 0 radical (unpaired) electrons. The van der Waals surface area contributed by atoms with Gasteiger partial charge in [0.05, 0.1) is 6.20 Å². The van der Waals surface area contributed by atoms with Gasteiger partial charge in [0.1, 0.15) is 0 Å². The molecule has 5 nitrogen and oxygen atoms in total. The van der Waals surface area contributed by atoms with E-state index in [-0.39, 0.29) is 31.9 Å². The van der Waals surface area contributed by atoms with E-state index >= 15 is 0 Å². The van der Waals surface area contributed by atoms with E-state index in [2.05, 4.69) is 171 Å². The Morgan fingerprint density at radius 2 is 1.23 bits per heavy atom. The van der Waals surface area contributed by atoms with Gasteiger partial charge in [0.25, 0.3) is 0 Å². The van der Waals surface area contributed by atoms with E-state index in [9.17, 15) is 0 Å². The van der Waals surface area contributed by atoms with Crippen LogP contribution in [0.2, 0.25) is 0 Å². The first-order chi connectivity index (χ1) is 28.0. The van der Waals surface area contributed by atoms with Crippen molar-refractivity contribution in [2.24, 2.45) is 0 Å². The minimum atomic E-state index is -0.140. The first kappa shape index (κ1) is 42.7. The molecule has 0 amide bonds. The zero-order valence-electron chi connectivity index (χ0n) is 37.0. The molecule has 1 aromatic heterocycles. The summed E-state index contributed by atoms with van der Waals surface area (Å²) >= 11 is 0. The molecule has 0 atom stereocenters. The van der Waals surface area contributed by atoms with Crippen molar-refractivity contribution in [2.45, 2.75) is 93.9 Å². The quantitative estimate of drug-likeness (QED) is 0.149. The Balaban J connectivity index is 0.00000544. The van der Waals surface area contributed by atoms with Crippen LogP contribution in [0, 0.1) is 60.3 Å². The third-order valence-corrected chi connectivity index (χ3v) is 11.4. The molecule has 0 spiro atoms. The van der Waals surface area contributed by atoms with E-state index in [1.165, 1.54) is 61.4 Å². The predicted molar refractivity (Wildman–Crippen MR) is 246 cm³/mol. The zero-order valence-corrected chi connectivity index (χ0v) is 39.3. The molecular weight excluding hydrogens is 916 g/mol. The van der Waals surface area contributed by atoms with Crippen molar-refractivity contribution in [2.75, 3.05) is 9.80 Å². The summed E-state index contributed by atoms with van der Waals surface area (Å²) in [5, 5.41) is 4.67. The van der Waals surface area contributed by atoms with Gasteiger partial charge in [0.15, 0.2) is 0 Å². The second-order valence-electron chi connectivity index (χ2n) is 18.4. The number of aryl methyl sites for hydroxylation is 6. The van der Waals surface area contributed by atoms with Crippen molar-refractivity contribution in [1.82, 2.24) is 9.78 Å². The second-order valence-corrected chi connectivity index (χ2v) is 18.4. The number of nitrogens with zero attached hydrogens (tertiary/aromatic N) is 4. The predicted octanol–water partition coefficient (Wildman–Crippen LogP) is 14.5. The monoisotopic (exact) mass is 970 g/mol. The van der Waals surface area contributed by atoms with E-state index < -0.39 is 0 Å². The fourth-order valence-corrected chi connectivity index (χ4v) is 8.70. The molecule has 0 bridgehead atoms. The molecule has 1 aliphatic heterocycles. The molecule has 1 aliphatic rings. The van der Waals surface area contributed by atoms with Gasteiger partial charge in [-0.15, -0.1) is 42.6 Å². The standard InChI is InChI=1S/C54H55N4O.Pt/c1-34-23-36(3)50(37(4)24-34)46-22-21-45(59-44-20-16-19-43(29-44)58-32-41(31-55-58)40-17-14-13-15-18-40)30-48(46)56-33-57(51-38(5)25-35(2)26-39(51)6)52-47(54(10,11)12)27-42(28-49(52)56)53(7,8)9;/h13-28,31-33H,1-12H3;/q-3;. The van der Waals surface area contributed by atoms with Gasteiger partial charge in [0.2, 0.25) is 0 Å². The van der Waals surface area contributed by atoms with Gasteiger partial charge in [0, 0.05) is 61.4 Å². The summed E-state index contributed by atoms with van der Waals surface area (Å²) in [5.74, 6) is 1.18. The minimum absolute atomic E-state index is 0. The Hall–Kier alpha value is -5.38. The van der Waals surface area contributed by atoms with Gasteiger partial charge in [-0.25, -0.2) is 0 Å². The summed E-state index contributed by atoms with van der Waals surface area (Å²) in [6.45, 7) is 29.4. The van der Waals surface area contributed by atoms with Crippen molar-refractivity contribution in [3.8, 4) is 39.4 Å². The van der Waals surface area contributed by atoms with Crippen LogP contribution in [0.15, 0.2) is 109 Å². The number of fused-ring (bicyclic) bond motifs is 1. The Bertz CT molecular complexity index is 2670. The van der Waals surface area contributed by atoms with Crippen LogP contribution < -0.4 is 14.5 Å². The molecule has 2 heterocycles. The van der Waals surface area contributed by atoms with Crippen molar-refractivity contribution in [3.63, 3.8) is 0 Å². The molecular formula is C54H55N4OPt-3. The van der Waals surface area contributed by atoms with Crippen LogP contribution in [-0.4, -0.2) is 9.78 Å². The molecule has 310 valence electrons. The summed E-state index contributed by atoms with van der Waals surface area (Å²) in [6.07, 6.45) is 3.91. The van der Waals surface area contributed by atoms with Crippen molar-refractivity contribution < 1.29 is 25.8 Å². The summed E-state index contributed by atoms with van der Waals surface area (Å²) < 4.78 is 8.55. The average Bonchev–Trinajstić information content (AvgIpc) is 3.80. The van der Waals surface area contributed by atoms with E-state index in [0.29, 0.717) is 11.5 Å². The molecule has 0 N–H and O–H groups in total. The maximum Gasteiger partial charge on any atom is 0.0571 e. The van der Waals surface area contributed by atoms with Crippen LogP contribution in [0.4, 0.5) is 22.7 Å². The summed E-state index contributed by atoms with van der Waals surface area (Å²) in [6, 6.07) is 41.7. The van der Waals surface area contributed by atoms with Crippen LogP contribution in [0.1, 0.15) is 86.1 Å². The maximum atomic E-state index is 6.70. The molecule has 7 aromatic rings. The van der Waals surface area contributed by atoms with Crippen LogP contribution in [0.5, 0.6) is 11.5 Å². The van der Waals surface area contributed by atoms with Crippen molar-refractivity contribution in [3.05, 3.63) is 173 Å². The van der Waals surface area contributed by atoms with Gasteiger partial charge in [-0.1, -0.05) is 136 Å². The first-order valence-electron chi connectivity index (χ1n) is 20.6. The number of anilines is 4. The van der Waals surface area contributed by atoms with Crippen LogP contribution in [-0.2, 0) is 31.9 Å². The van der Waals surface area contributed by atoms with Crippen molar-refractivity contribution in [1.29, 1.82) is 0 Å². The Morgan fingerprint density at radius 3 is 1.87 bits per heavy atom. The molecule has 0 aliphatic carbocycles. The third-order valence-electron chi connectivity index (χ3n) is 11.4.